The molecule has 29 heavy (non-hydrogen) atoms. The summed E-state index contributed by atoms with van der Waals surface area (Å²) < 4.78 is 34.2. The van der Waals surface area contributed by atoms with Crippen LogP contribution in [-0.2, 0) is 11.3 Å². The molecule has 1 fully saturated rings. The average Bonchev–Trinajstić information content (AvgIpc) is 2.55. The van der Waals surface area contributed by atoms with E-state index in [1.54, 1.807) is 19.1 Å². The predicted octanol–water partition coefficient (Wildman–Crippen LogP) is 6.72. The molecular formula is C24H32F2N2O. The maximum absolute atomic E-state index is 14.3. The zero-order valence-electron chi connectivity index (χ0n) is 18.0. The van der Waals surface area contributed by atoms with Crippen LogP contribution in [0.2, 0.25) is 0 Å². The standard InChI is InChI=1S/C24H32F2N2O/c1-15-11-18(25)13-20(26)22(15)28-21-10-9-19(27)12-16(21)14-29-24(4,5)23(2,3)17-7-6-8-17/h9-13,17,28H,6-8,14,27H2,1-5H3. The lowest BCUT2D eigenvalue weighted by atomic mass is 9.60. The van der Waals surface area contributed by atoms with E-state index in [0.717, 1.165) is 11.6 Å². The minimum Gasteiger partial charge on any atom is -0.399 e. The van der Waals surface area contributed by atoms with Crippen LogP contribution in [0.1, 0.15) is 58.1 Å². The molecule has 5 heteroatoms. The third-order valence-corrected chi connectivity index (χ3v) is 6.91. The fourth-order valence-electron chi connectivity index (χ4n) is 3.92. The van der Waals surface area contributed by atoms with E-state index in [2.05, 4.69) is 33.0 Å². The van der Waals surface area contributed by atoms with Crippen molar-refractivity contribution >= 4 is 17.1 Å². The Balaban J connectivity index is 1.82. The Morgan fingerprint density at radius 3 is 2.38 bits per heavy atom. The monoisotopic (exact) mass is 402 g/mol. The number of nitrogens with one attached hydrogen (secondary N) is 1. The van der Waals surface area contributed by atoms with Gasteiger partial charge in [0.05, 0.1) is 17.9 Å². The number of nitrogen functional groups attached to an aromatic ring is 1. The van der Waals surface area contributed by atoms with Crippen molar-refractivity contribution < 1.29 is 13.5 Å². The first-order chi connectivity index (χ1) is 13.5. The summed E-state index contributed by atoms with van der Waals surface area (Å²) in [5, 5.41) is 3.11. The van der Waals surface area contributed by atoms with Crippen molar-refractivity contribution in [2.45, 2.75) is 66.1 Å². The molecule has 2 aromatic rings. The van der Waals surface area contributed by atoms with Crippen LogP contribution in [0, 0.1) is 29.9 Å². The number of nitrogens with two attached hydrogens (primary N) is 1. The maximum Gasteiger partial charge on any atom is 0.149 e. The number of halogens is 2. The van der Waals surface area contributed by atoms with E-state index in [9.17, 15) is 8.78 Å². The lowest BCUT2D eigenvalue weighted by Crippen LogP contribution is -2.48. The molecule has 3 rings (SSSR count). The van der Waals surface area contributed by atoms with Gasteiger partial charge in [0.15, 0.2) is 0 Å². The van der Waals surface area contributed by atoms with E-state index in [-0.39, 0.29) is 16.7 Å². The van der Waals surface area contributed by atoms with Gasteiger partial charge in [0.1, 0.15) is 11.6 Å². The molecule has 0 atom stereocenters. The first-order valence-electron chi connectivity index (χ1n) is 10.3. The van der Waals surface area contributed by atoms with Gasteiger partial charge in [-0.1, -0.05) is 20.3 Å². The van der Waals surface area contributed by atoms with Crippen LogP contribution >= 0.6 is 0 Å². The van der Waals surface area contributed by atoms with E-state index in [0.29, 0.717) is 29.5 Å². The highest BCUT2D eigenvalue weighted by Gasteiger charge is 2.46. The van der Waals surface area contributed by atoms with Gasteiger partial charge in [0.25, 0.3) is 0 Å². The zero-order chi connectivity index (χ0) is 21.4. The summed E-state index contributed by atoms with van der Waals surface area (Å²) in [4.78, 5) is 0. The van der Waals surface area contributed by atoms with Gasteiger partial charge in [-0.05, 0) is 74.8 Å². The lowest BCUT2D eigenvalue weighted by Gasteiger charge is -2.50. The highest BCUT2D eigenvalue weighted by atomic mass is 19.1. The van der Waals surface area contributed by atoms with E-state index < -0.39 is 11.6 Å². The fourth-order valence-corrected chi connectivity index (χ4v) is 3.92. The SMILES string of the molecule is Cc1cc(F)cc(F)c1Nc1ccc(N)cc1COC(C)(C)C(C)(C)C1CCC1. The number of hydrogen-bond acceptors (Lipinski definition) is 3. The molecule has 2 aromatic carbocycles. The Morgan fingerprint density at radius 2 is 1.79 bits per heavy atom. The second-order valence-electron chi connectivity index (χ2n) is 9.27. The molecule has 0 radical (unpaired) electrons. The lowest BCUT2D eigenvalue weighted by molar-refractivity contribution is -0.141. The van der Waals surface area contributed by atoms with E-state index >= 15 is 0 Å². The van der Waals surface area contributed by atoms with Crippen molar-refractivity contribution in [2.24, 2.45) is 11.3 Å². The van der Waals surface area contributed by atoms with Crippen molar-refractivity contribution in [3.05, 3.63) is 53.1 Å². The van der Waals surface area contributed by atoms with Gasteiger partial charge in [-0.25, -0.2) is 8.78 Å². The van der Waals surface area contributed by atoms with Crippen LogP contribution in [0.3, 0.4) is 0 Å². The highest BCUT2D eigenvalue weighted by Crippen LogP contribution is 2.49. The number of anilines is 3. The minimum absolute atomic E-state index is 0.0405. The molecule has 0 unspecified atom stereocenters. The topological polar surface area (TPSA) is 47.3 Å². The number of rotatable bonds is 7. The van der Waals surface area contributed by atoms with Gasteiger partial charge in [0.2, 0.25) is 0 Å². The first kappa shape index (κ1) is 21.6. The van der Waals surface area contributed by atoms with Crippen LogP contribution in [-0.4, -0.2) is 5.60 Å². The molecular weight excluding hydrogens is 370 g/mol. The molecule has 158 valence electrons. The summed E-state index contributed by atoms with van der Waals surface area (Å²) in [5.41, 5.74) is 8.61. The Labute approximate surface area is 172 Å². The van der Waals surface area contributed by atoms with Gasteiger partial charge in [-0.2, -0.15) is 0 Å². The largest absolute Gasteiger partial charge is 0.399 e. The van der Waals surface area contributed by atoms with E-state index in [1.807, 2.05) is 6.07 Å². The first-order valence-corrected chi connectivity index (χ1v) is 10.3. The molecule has 0 saturated heterocycles. The molecule has 1 saturated carbocycles. The fraction of sp³-hybridized carbons (Fsp3) is 0.500. The smallest absolute Gasteiger partial charge is 0.149 e. The molecule has 0 heterocycles. The van der Waals surface area contributed by atoms with E-state index in [4.69, 9.17) is 10.5 Å². The minimum atomic E-state index is -0.627. The van der Waals surface area contributed by atoms with Crippen molar-refractivity contribution in [1.29, 1.82) is 0 Å². The Bertz CT molecular complexity index is 865. The molecule has 0 aromatic heterocycles. The van der Waals surface area contributed by atoms with Crippen molar-refractivity contribution in [2.75, 3.05) is 11.1 Å². The van der Waals surface area contributed by atoms with Crippen LogP contribution in [0.5, 0.6) is 0 Å². The molecule has 3 N–H and O–H groups in total. The second kappa shape index (κ2) is 7.94. The maximum atomic E-state index is 14.3. The average molecular weight is 403 g/mol. The Kier molecular flexibility index (Phi) is 5.91. The summed E-state index contributed by atoms with van der Waals surface area (Å²) in [6, 6.07) is 7.59. The van der Waals surface area contributed by atoms with Crippen molar-refractivity contribution in [3.63, 3.8) is 0 Å². The van der Waals surface area contributed by atoms with Crippen LogP contribution < -0.4 is 11.1 Å². The van der Waals surface area contributed by atoms with Crippen LogP contribution in [0.15, 0.2) is 30.3 Å². The third-order valence-electron chi connectivity index (χ3n) is 6.91. The highest BCUT2D eigenvalue weighted by molar-refractivity contribution is 5.68. The molecule has 3 nitrogen and oxygen atoms in total. The van der Waals surface area contributed by atoms with Crippen LogP contribution in [0.4, 0.5) is 25.8 Å². The summed E-state index contributed by atoms with van der Waals surface area (Å²) in [5.74, 6) is -0.559. The van der Waals surface area contributed by atoms with Crippen molar-refractivity contribution in [1.82, 2.24) is 0 Å². The quantitative estimate of drug-likeness (QED) is 0.505. The van der Waals surface area contributed by atoms with Gasteiger partial charge >= 0.3 is 0 Å². The van der Waals surface area contributed by atoms with Crippen LogP contribution in [0.25, 0.3) is 0 Å². The Morgan fingerprint density at radius 1 is 1.10 bits per heavy atom. The number of benzene rings is 2. The van der Waals surface area contributed by atoms with E-state index in [1.165, 1.54) is 25.3 Å². The molecule has 0 bridgehead atoms. The van der Waals surface area contributed by atoms with Gasteiger partial charge in [-0.3, -0.25) is 0 Å². The summed E-state index contributed by atoms with van der Waals surface area (Å²) >= 11 is 0. The summed E-state index contributed by atoms with van der Waals surface area (Å²) in [7, 11) is 0. The van der Waals surface area contributed by atoms with Gasteiger partial charge < -0.3 is 15.8 Å². The molecule has 1 aliphatic carbocycles. The Hall–Kier alpha value is -2.14. The number of aryl methyl sites for hydroxylation is 1. The van der Waals surface area contributed by atoms with Gasteiger partial charge in [-0.15, -0.1) is 0 Å². The number of ether oxygens (including phenoxy) is 1. The third kappa shape index (κ3) is 4.40. The zero-order valence-corrected chi connectivity index (χ0v) is 18.0. The normalized spacial score (nSPS) is 15.3. The molecule has 0 spiro atoms. The van der Waals surface area contributed by atoms with Crippen molar-refractivity contribution in [3.8, 4) is 0 Å². The second-order valence-corrected chi connectivity index (χ2v) is 9.27. The predicted molar refractivity (Wildman–Crippen MR) is 115 cm³/mol. The molecule has 0 aliphatic heterocycles. The van der Waals surface area contributed by atoms with Gasteiger partial charge in [0, 0.05) is 23.0 Å². The molecule has 0 amide bonds. The number of hydrogen-bond donors (Lipinski definition) is 2. The summed E-state index contributed by atoms with van der Waals surface area (Å²) in [6.07, 6.45) is 3.78. The summed E-state index contributed by atoms with van der Waals surface area (Å²) in [6.45, 7) is 10.8. The molecule has 1 aliphatic rings.